The lowest BCUT2D eigenvalue weighted by Crippen LogP contribution is -2.37. The minimum absolute atomic E-state index is 0.111. The Labute approximate surface area is 118 Å². The third kappa shape index (κ3) is 3.81. The third-order valence-corrected chi connectivity index (χ3v) is 5.85. The summed E-state index contributed by atoms with van der Waals surface area (Å²) in [6, 6.07) is 5.13. The fourth-order valence-electron chi connectivity index (χ4n) is 2.00. The Morgan fingerprint density at radius 1 is 1.21 bits per heavy atom. The number of nitrogens with two attached hydrogens (primary N) is 1. The molecule has 1 aliphatic heterocycles. The minimum atomic E-state index is -4.29. The second kappa shape index (κ2) is 6.39. The molecule has 0 radical (unpaired) electrons. The van der Waals surface area contributed by atoms with Gasteiger partial charge in [-0.05, 0) is 17.7 Å². The summed E-state index contributed by atoms with van der Waals surface area (Å²) in [6.07, 6.45) is -4.29. The molecule has 0 saturated carbocycles. The maximum Gasteiger partial charge on any atom is 0.416 e. The van der Waals surface area contributed by atoms with E-state index in [1.54, 1.807) is 0 Å². The van der Waals surface area contributed by atoms with Crippen LogP contribution in [0.15, 0.2) is 24.3 Å². The van der Waals surface area contributed by atoms with E-state index in [2.05, 4.69) is 5.43 Å². The fraction of sp³-hybridized carbons (Fsp3) is 0.500. The monoisotopic (exact) mass is 308 g/mol. The van der Waals surface area contributed by atoms with Crippen LogP contribution in [0.1, 0.15) is 17.2 Å². The van der Waals surface area contributed by atoms with Crippen LogP contribution < -0.4 is 11.3 Å². The molecule has 1 aliphatic rings. The third-order valence-electron chi connectivity index (χ3n) is 2.99. The smallest absolute Gasteiger partial charge is 0.271 e. The highest BCUT2D eigenvalue weighted by Crippen LogP contribution is 2.35. The zero-order chi connectivity index (χ0) is 13.9. The van der Waals surface area contributed by atoms with Crippen molar-refractivity contribution in [3.05, 3.63) is 35.4 Å². The predicted molar refractivity (Wildman–Crippen MR) is 75.1 cm³/mol. The SMILES string of the molecule is NNC(c1ccc(C(F)(F)F)cc1)C1CSCCS1. The Morgan fingerprint density at radius 3 is 2.37 bits per heavy atom. The van der Waals surface area contributed by atoms with Crippen molar-refractivity contribution in [1.82, 2.24) is 5.43 Å². The molecule has 1 saturated heterocycles. The summed E-state index contributed by atoms with van der Waals surface area (Å²) < 4.78 is 37.5. The highest BCUT2D eigenvalue weighted by atomic mass is 32.2. The first-order valence-electron chi connectivity index (χ1n) is 5.85. The van der Waals surface area contributed by atoms with Gasteiger partial charge in [0.25, 0.3) is 0 Å². The van der Waals surface area contributed by atoms with Crippen LogP contribution in [0.4, 0.5) is 13.2 Å². The maximum atomic E-state index is 12.5. The summed E-state index contributed by atoms with van der Waals surface area (Å²) >= 11 is 3.67. The average molecular weight is 308 g/mol. The van der Waals surface area contributed by atoms with Crippen molar-refractivity contribution in [2.45, 2.75) is 17.5 Å². The first-order chi connectivity index (χ1) is 9.02. The highest BCUT2D eigenvalue weighted by molar-refractivity contribution is 8.06. The van der Waals surface area contributed by atoms with E-state index in [1.165, 1.54) is 12.1 Å². The lowest BCUT2D eigenvalue weighted by molar-refractivity contribution is -0.137. The number of benzene rings is 1. The summed E-state index contributed by atoms with van der Waals surface area (Å²) in [5.74, 6) is 8.69. The average Bonchev–Trinajstić information content (AvgIpc) is 2.40. The van der Waals surface area contributed by atoms with Crippen molar-refractivity contribution in [2.24, 2.45) is 5.84 Å². The summed E-state index contributed by atoms with van der Waals surface area (Å²) in [4.78, 5) is 0. The van der Waals surface area contributed by atoms with E-state index in [0.29, 0.717) is 5.25 Å². The normalized spacial score (nSPS) is 22.2. The van der Waals surface area contributed by atoms with Crippen LogP contribution >= 0.6 is 23.5 Å². The maximum absolute atomic E-state index is 12.5. The van der Waals surface area contributed by atoms with Gasteiger partial charge in [-0.1, -0.05) is 12.1 Å². The number of alkyl halides is 3. The molecule has 2 unspecified atom stereocenters. The van der Waals surface area contributed by atoms with Crippen molar-refractivity contribution >= 4 is 23.5 Å². The van der Waals surface area contributed by atoms with Crippen molar-refractivity contribution in [2.75, 3.05) is 17.3 Å². The zero-order valence-corrected chi connectivity index (χ0v) is 11.7. The Bertz CT molecular complexity index is 402. The van der Waals surface area contributed by atoms with Gasteiger partial charge in [-0.15, -0.1) is 0 Å². The lowest BCUT2D eigenvalue weighted by Gasteiger charge is -2.29. The molecule has 0 spiro atoms. The summed E-state index contributed by atoms with van der Waals surface area (Å²) in [7, 11) is 0. The molecule has 2 atom stereocenters. The molecule has 1 aromatic carbocycles. The van der Waals surface area contributed by atoms with E-state index < -0.39 is 11.7 Å². The van der Waals surface area contributed by atoms with Gasteiger partial charge in [0.1, 0.15) is 0 Å². The summed E-state index contributed by atoms with van der Waals surface area (Å²) in [5, 5.41) is 0.292. The number of hydrazine groups is 1. The van der Waals surface area contributed by atoms with E-state index in [9.17, 15) is 13.2 Å². The second-order valence-electron chi connectivity index (χ2n) is 4.25. The molecule has 2 rings (SSSR count). The molecule has 0 aromatic heterocycles. The van der Waals surface area contributed by atoms with Crippen molar-refractivity contribution in [1.29, 1.82) is 0 Å². The van der Waals surface area contributed by atoms with Crippen molar-refractivity contribution in [3.8, 4) is 0 Å². The van der Waals surface area contributed by atoms with E-state index in [0.717, 1.165) is 35.0 Å². The zero-order valence-electron chi connectivity index (χ0n) is 10.1. The number of rotatable bonds is 3. The topological polar surface area (TPSA) is 38.0 Å². The predicted octanol–water partition coefficient (Wildman–Crippen LogP) is 3.06. The molecular weight excluding hydrogens is 293 g/mol. The van der Waals surface area contributed by atoms with Gasteiger partial charge in [0.15, 0.2) is 0 Å². The Balaban J connectivity index is 2.14. The van der Waals surface area contributed by atoms with Crippen LogP contribution in [0.25, 0.3) is 0 Å². The molecule has 1 fully saturated rings. The Kier molecular flexibility index (Phi) is 5.05. The quantitative estimate of drug-likeness (QED) is 0.665. The van der Waals surface area contributed by atoms with Gasteiger partial charge >= 0.3 is 6.18 Å². The number of thioether (sulfide) groups is 2. The van der Waals surface area contributed by atoms with Gasteiger partial charge < -0.3 is 0 Å². The molecule has 1 aromatic rings. The first-order valence-corrected chi connectivity index (χ1v) is 8.05. The molecule has 1 heterocycles. The van der Waals surface area contributed by atoms with Crippen LogP contribution in [0, 0.1) is 0 Å². The van der Waals surface area contributed by atoms with Crippen molar-refractivity contribution in [3.63, 3.8) is 0 Å². The van der Waals surface area contributed by atoms with E-state index in [1.807, 2.05) is 23.5 Å². The number of hydrogen-bond acceptors (Lipinski definition) is 4. The summed E-state index contributed by atoms with van der Waals surface area (Å²) in [5.41, 5.74) is 2.91. The molecule has 3 N–H and O–H groups in total. The van der Waals surface area contributed by atoms with Crippen molar-refractivity contribution < 1.29 is 13.2 Å². The van der Waals surface area contributed by atoms with Crippen LogP contribution in [0.3, 0.4) is 0 Å². The van der Waals surface area contributed by atoms with Crippen LogP contribution in [0.5, 0.6) is 0 Å². The van der Waals surface area contributed by atoms with Gasteiger partial charge in [0, 0.05) is 22.5 Å². The molecule has 0 amide bonds. The lowest BCUT2D eigenvalue weighted by atomic mass is 10.0. The highest BCUT2D eigenvalue weighted by Gasteiger charge is 2.31. The Hall–Kier alpha value is -0.370. The number of halogens is 3. The summed E-state index contributed by atoms with van der Waals surface area (Å²) in [6.45, 7) is 0. The second-order valence-corrected chi connectivity index (χ2v) is 6.75. The van der Waals surface area contributed by atoms with Crippen LogP contribution in [0.2, 0.25) is 0 Å². The molecule has 106 valence electrons. The molecule has 19 heavy (non-hydrogen) atoms. The van der Waals surface area contributed by atoms with E-state index in [4.69, 9.17) is 5.84 Å². The first kappa shape index (κ1) is 15.0. The number of nitrogens with one attached hydrogen (secondary N) is 1. The molecule has 0 bridgehead atoms. The fourth-order valence-corrected chi connectivity index (χ4v) is 4.85. The van der Waals surface area contributed by atoms with Gasteiger partial charge in [0.2, 0.25) is 0 Å². The minimum Gasteiger partial charge on any atom is -0.271 e. The van der Waals surface area contributed by atoms with Gasteiger partial charge in [-0.3, -0.25) is 11.3 Å². The molecular formula is C12H15F3N2S2. The largest absolute Gasteiger partial charge is 0.416 e. The van der Waals surface area contributed by atoms with Gasteiger partial charge in [0.05, 0.1) is 11.6 Å². The molecule has 2 nitrogen and oxygen atoms in total. The Morgan fingerprint density at radius 2 is 1.89 bits per heavy atom. The molecule has 7 heteroatoms. The number of hydrogen-bond donors (Lipinski definition) is 2. The van der Waals surface area contributed by atoms with Gasteiger partial charge in [-0.2, -0.15) is 36.7 Å². The van der Waals surface area contributed by atoms with E-state index >= 15 is 0 Å². The molecule has 0 aliphatic carbocycles. The van der Waals surface area contributed by atoms with Crippen LogP contribution in [-0.2, 0) is 6.18 Å². The van der Waals surface area contributed by atoms with Gasteiger partial charge in [-0.25, -0.2) is 0 Å². The van der Waals surface area contributed by atoms with Crippen LogP contribution in [-0.4, -0.2) is 22.5 Å². The standard InChI is InChI=1S/C12H15F3N2S2/c13-12(14,15)9-3-1-8(2-4-9)11(17-16)10-7-18-5-6-19-10/h1-4,10-11,17H,5-7,16H2. The van der Waals surface area contributed by atoms with E-state index in [-0.39, 0.29) is 6.04 Å².